The molecule has 1 N–H and O–H groups in total. The fraction of sp³-hybridized carbons (Fsp3) is 0.529. The van der Waals surface area contributed by atoms with E-state index in [4.69, 9.17) is 14.4 Å². The molecule has 1 fully saturated rings. The molecule has 2 aromatic rings. The van der Waals surface area contributed by atoms with Gasteiger partial charge in [0, 0.05) is 18.8 Å². The Hall–Kier alpha value is -2.48. The summed E-state index contributed by atoms with van der Waals surface area (Å²) in [6.45, 7) is 6.73. The number of carbonyl (C=O) groups is 2. The first-order valence-electron chi connectivity index (χ1n) is 8.26. The molecule has 1 amide bonds. The molecule has 8 heteroatoms. The van der Waals surface area contributed by atoms with Crippen LogP contribution in [0.5, 0.6) is 0 Å². The van der Waals surface area contributed by atoms with Gasteiger partial charge in [0.25, 0.3) is 11.6 Å². The van der Waals surface area contributed by atoms with Crippen LogP contribution in [-0.2, 0) is 9.53 Å². The second kappa shape index (κ2) is 6.79. The molecule has 1 aliphatic heterocycles. The van der Waals surface area contributed by atoms with Gasteiger partial charge in [0.05, 0.1) is 35.8 Å². The van der Waals surface area contributed by atoms with Crippen molar-refractivity contribution in [1.29, 1.82) is 0 Å². The first-order chi connectivity index (χ1) is 11.9. The van der Waals surface area contributed by atoms with Crippen LogP contribution in [0.3, 0.4) is 0 Å². The van der Waals surface area contributed by atoms with Crippen LogP contribution in [0, 0.1) is 6.92 Å². The lowest BCUT2D eigenvalue weighted by atomic mass is 10.0. The third kappa shape index (κ3) is 3.48. The molecule has 134 valence electrons. The summed E-state index contributed by atoms with van der Waals surface area (Å²) in [5.74, 6) is -0.993. The minimum absolute atomic E-state index is 0.126. The SMILES string of the molecule is Cc1noc2nc(C(C)C)cc(C(=O)N3CCOC(CC(=O)O)C3)c12. The summed E-state index contributed by atoms with van der Waals surface area (Å²) in [7, 11) is 0. The fourth-order valence-electron chi connectivity index (χ4n) is 2.97. The van der Waals surface area contributed by atoms with E-state index in [2.05, 4.69) is 10.1 Å². The van der Waals surface area contributed by atoms with Gasteiger partial charge in [-0.25, -0.2) is 4.98 Å². The van der Waals surface area contributed by atoms with E-state index >= 15 is 0 Å². The summed E-state index contributed by atoms with van der Waals surface area (Å²) < 4.78 is 10.7. The molecule has 0 aliphatic carbocycles. The van der Waals surface area contributed by atoms with Crippen LogP contribution in [0.1, 0.15) is 47.9 Å². The van der Waals surface area contributed by atoms with Crippen LogP contribution >= 0.6 is 0 Å². The summed E-state index contributed by atoms with van der Waals surface area (Å²) in [5, 5.41) is 13.5. The number of hydrogen-bond donors (Lipinski definition) is 1. The van der Waals surface area contributed by atoms with Crippen LogP contribution in [0.25, 0.3) is 11.1 Å². The molecule has 0 radical (unpaired) electrons. The minimum Gasteiger partial charge on any atom is -0.481 e. The number of carboxylic acid groups (broad SMARTS) is 1. The molecule has 25 heavy (non-hydrogen) atoms. The first-order valence-corrected chi connectivity index (χ1v) is 8.26. The maximum Gasteiger partial charge on any atom is 0.306 e. The van der Waals surface area contributed by atoms with Crippen molar-refractivity contribution >= 4 is 23.0 Å². The van der Waals surface area contributed by atoms with Crippen molar-refractivity contribution in [3.05, 3.63) is 23.0 Å². The monoisotopic (exact) mass is 347 g/mol. The molecular weight excluding hydrogens is 326 g/mol. The number of rotatable bonds is 4. The number of aliphatic carboxylic acids is 1. The molecule has 1 saturated heterocycles. The van der Waals surface area contributed by atoms with Gasteiger partial charge in [-0.3, -0.25) is 9.59 Å². The van der Waals surface area contributed by atoms with Gasteiger partial charge in [-0.2, -0.15) is 0 Å². The predicted molar refractivity (Wildman–Crippen MR) is 88.5 cm³/mol. The Morgan fingerprint density at radius 3 is 2.88 bits per heavy atom. The van der Waals surface area contributed by atoms with E-state index < -0.39 is 12.1 Å². The number of pyridine rings is 1. The molecule has 0 bridgehead atoms. The number of amides is 1. The Kier molecular flexibility index (Phi) is 4.71. The lowest BCUT2D eigenvalue weighted by Gasteiger charge is -2.32. The minimum atomic E-state index is -0.942. The number of nitrogens with zero attached hydrogens (tertiary/aromatic N) is 3. The lowest BCUT2D eigenvalue weighted by molar-refractivity contribution is -0.141. The van der Waals surface area contributed by atoms with Crippen molar-refractivity contribution in [2.45, 2.75) is 39.2 Å². The zero-order chi connectivity index (χ0) is 18.1. The van der Waals surface area contributed by atoms with Gasteiger partial charge in [-0.1, -0.05) is 19.0 Å². The molecule has 3 heterocycles. The van der Waals surface area contributed by atoms with Crippen molar-refractivity contribution in [2.75, 3.05) is 19.7 Å². The average molecular weight is 347 g/mol. The van der Waals surface area contributed by atoms with Crippen LogP contribution in [0.4, 0.5) is 0 Å². The predicted octanol–water partition coefficient (Wildman–Crippen LogP) is 1.97. The van der Waals surface area contributed by atoms with Gasteiger partial charge >= 0.3 is 5.97 Å². The summed E-state index contributed by atoms with van der Waals surface area (Å²) in [5.41, 5.74) is 2.20. The quantitative estimate of drug-likeness (QED) is 0.901. The summed E-state index contributed by atoms with van der Waals surface area (Å²) >= 11 is 0. The normalized spacial score (nSPS) is 18.1. The highest BCUT2D eigenvalue weighted by Crippen LogP contribution is 2.26. The third-order valence-electron chi connectivity index (χ3n) is 4.29. The zero-order valence-corrected chi connectivity index (χ0v) is 14.5. The van der Waals surface area contributed by atoms with E-state index in [0.29, 0.717) is 35.5 Å². The number of ether oxygens (including phenoxy) is 1. The Bertz CT molecular complexity index is 814. The van der Waals surface area contributed by atoms with Crippen molar-refractivity contribution in [1.82, 2.24) is 15.0 Å². The zero-order valence-electron chi connectivity index (χ0n) is 14.5. The molecule has 1 unspecified atom stereocenters. The van der Waals surface area contributed by atoms with E-state index in [9.17, 15) is 9.59 Å². The second-order valence-corrected chi connectivity index (χ2v) is 6.54. The van der Waals surface area contributed by atoms with E-state index in [-0.39, 0.29) is 24.8 Å². The van der Waals surface area contributed by atoms with Crippen LogP contribution in [0.15, 0.2) is 10.6 Å². The number of carboxylic acids is 1. The summed E-state index contributed by atoms with van der Waals surface area (Å²) in [6.07, 6.45) is -0.625. The molecule has 8 nitrogen and oxygen atoms in total. The van der Waals surface area contributed by atoms with Crippen molar-refractivity contribution in [3.63, 3.8) is 0 Å². The van der Waals surface area contributed by atoms with E-state index in [1.807, 2.05) is 13.8 Å². The van der Waals surface area contributed by atoms with E-state index in [0.717, 1.165) is 5.69 Å². The molecule has 1 aliphatic rings. The van der Waals surface area contributed by atoms with Gasteiger partial charge < -0.3 is 19.3 Å². The number of aromatic nitrogens is 2. The van der Waals surface area contributed by atoms with Crippen LogP contribution in [0.2, 0.25) is 0 Å². The molecule has 0 spiro atoms. The largest absolute Gasteiger partial charge is 0.481 e. The lowest BCUT2D eigenvalue weighted by Crippen LogP contribution is -2.46. The number of hydrogen-bond acceptors (Lipinski definition) is 6. The molecule has 1 atom stereocenters. The topological polar surface area (TPSA) is 106 Å². The highest BCUT2D eigenvalue weighted by Gasteiger charge is 2.29. The van der Waals surface area contributed by atoms with Gasteiger partial charge in [0.2, 0.25) is 0 Å². The third-order valence-corrected chi connectivity index (χ3v) is 4.29. The fourth-order valence-corrected chi connectivity index (χ4v) is 2.97. The highest BCUT2D eigenvalue weighted by atomic mass is 16.5. The number of morpholine rings is 1. The Labute approximate surface area is 144 Å². The van der Waals surface area contributed by atoms with E-state index in [1.165, 1.54) is 0 Å². The van der Waals surface area contributed by atoms with Crippen molar-refractivity contribution < 1.29 is 24.0 Å². The summed E-state index contributed by atoms with van der Waals surface area (Å²) in [4.78, 5) is 30.1. The molecule has 0 aromatic carbocycles. The Morgan fingerprint density at radius 2 is 2.20 bits per heavy atom. The van der Waals surface area contributed by atoms with Gasteiger partial charge in [-0.05, 0) is 18.9 Å². The van der Waals surface area contributed by atoms with E-state index in [1.54, 1.807) is 17.9 Å². The molecule has 3 rings (SSSR count). The number of fused-ring (bicyclic) bond motifs is 1. The van der Waals surface area contributed by atoms with Gasteiger partial charge in [0.15, 0.2) is 0 Å². The summed E-state index contributed by atoms with van der Waals surface area (Å²) in [6, 6.07) is 1.78. The first kappa shape index (κ1) is 17.3. The molecule has 0 saturated carbocycles. The smallest absolute Gasteiger partial charge is 0.306 e. The number of aryl methyl sites for hydroxylation is 1. The molecular formula is C17H21N3O5. The standard InChI is InChI=1S/C17H21N3O5/c1-9(2)13-7-12(15-10(3)19-25-16(15)18-13)17(23)20-4-5-24-11(8-20)6-14(21)22/h7,9,11H,4-6,8H2,1-3H3,(H,21,22). The second-order valence-electron chi connectivity index (χ2n) is 6.54. The maximum atomic E-state index is 13.1. The highest BCUT2D eigenvalue weighted by molar-refractivity contribution is 6.06. The van der Waals surface area contributed by atoms with Gasteiger partial charge in [-0.15, -0.1) is 0 Å². The van der Waals surface area contributed by atoms with Crippen molar-refractivity contribution in [3.8, 4) is 0 Å². The van der Waals surface area contributed by atoms with Crippen molar-refractivity contribution in [2.24, 2.45) is 0 Å². The number of carbonyl (C=O) groups excluding carboxylic acids is 1. The van der Waals surface area contributed by atoms with Crippen LogP contribution in [-0.4, -0.2) is 57.8 Å². The maximum absolute atomic E-state index is 13.1. The van der Waals surface area contributed by atoms with Gasteiger partial charge in [0.1, 0.15) is 0 Å². The Morgan fingerprint density at radius 1 is 1.44 bits per heavy atom. The van der Waals surface area contributed by atoms with Crippen LogP contribution < -0.4 is 0 Å². The average Bonchev–Trinajstić information content (AvgIpc) is 2.94. The molecule has 2 aromatic heterocycles. The Balaban J connectivity index is 1.95.